The Morgan fingerprint density at radius 1 is 1.35 bits per heavy atom. The number of carbonyl (C=O) groups excluding carboxylic acids is 1. The molecular formula is C17H23NO2. The summed E-state index contributed by atoms with van der Waals surface area (Å²) in [5.74, 6) is 0.0148. The Labute approximate surface area is 120 Å². The Balaban J connectivity index is 1.55. The number of hydrogen-bond acceptors (Lipinski definition) is 3. The SMILES string of the molecule is CC(C)N1CCC2(C(=O)OCc3ccccc3)CC1C2. The normalized spacial score (nSPS) is 29.1. The Kier molecular flexibility index (Phi) is 3.55. The first-order valence-corrected chi connectivity index (χ1v) is 7.58. The average molecular weight is 273 g/mol. The molecule has 0 spiro atoms. The van der Waals surface area contributed by atoms with Gasteiger partial charge in [0.25, 0.3) is 0 Å². The monoisotopic (exact) mass is 273 g/mol. The summed E-state index contributed by atoms with van der Waals surface area (Å²) in [4.78, 5) is 14.9. The van der Waals surface area contributed by atoms with E-state index in [9.17, 15) is 4.79 Å². The van der Waals surface area contributed by atoms with Crippen molar-refractivity contribution in [3.8, 4) is 0 Å². The third kappa shape index (κ3) is 2.35. The van der Waals surface area contributed by atoms with Gasteiger partial charge in [0, 0.05) is 12.1 Å². The van der Waals surface area contributed by atoms with Crippen LogP contribution in [0.2, 0.25) is 0 Å². The highest BCUT2D eigenvalue weighted by atomic mass is 16.5. The van der Waals surface area contributed by atoms with Crippen LogP contribution in [0.3, 0.4) is 0 Å². The van der Waals surface area contributed by atoms with Gasteiger partial charge >= 0.3 is 5.97 Å². The highest BCUT2D eigenvalue weighted by molar-refractivity contribution is 5.78. The van der Waals surface area contributed by atoms with E-state index in [-0.39, 0.29) is 11.4 Å². The summed E-state index contributed by atoms with van der Waals surface area (Å²) in [6, 6.07) is 11.1. The molecule has 1 aromatic carbocycles. The van der Waals surface area contributed by atoms with Gasteiger partial charge in [-0.05, 0) is 45.2 Å². The summed E-state index contributed by atoms with van der Waals surface area (Å²) < 4.78 is 5.55. The fourth-order valence-electron chi connectivity index (χ4n) is 3.63. The second kappa shape index (κ2) is 5.21. The van der Waals surface area contributed by atoms with Gasteiger partial charge in [0.05, 0.1) is 5.41 Å². The maximum absolute atomic E-state index is 12.4. The predicted octanol–water partition coefficient (Wildman–Crippen LogP) is 2.99. The molecule has 108 valence electrons. The topological polar surface area (TPSA) is 29.5 Å². The summed E-state index contributed by atoms with van der Waals surface area (Å²) in [6.45, 7) is 5.90. The maximum atomic E-state index is 12.4. The third-order valence-electron chi connectivity index (χ3n) is 4.88. The van der Waals surface area contributed by atoms with E-state index in [0.717, 1.165) is 31.4 Å². The lowest BCUT2D eigenvalue weighted by molar-refractivity contribution is -0.178. The van der Waals surface area contributed by atoms with Gasteiger partial charge in [-0.3, -0.25) is 9.69 Å². The lowest BCUT2D eigenvalue weighted by Gasteiger charge is -2.56. The minimum atomic E-state index is -0.176. The maximum Gasteiger partial charge on any atom is 0.312 e. The molecule has 0 N–H and O–H groups in total. The van der Waals surface area contributed by atoms with Gasteiger partial charge < -0.3 is 4.74 Å². The number of hydrogen-bond donors (Lipinski definition) is 0. The highest BCUT2D eigenvalue weighted by Crippen LogP contribution is 2.52. The first-order chi connectivity index (χ1) is 9.61. The van der Waals surface area contributed by atoms with Gasteiger partial charge in [0.1, 0.15) is 6.61 Å². The molecule has 2 bridgehead atoms. The minimum absolute atomic E-state index is 0.0148. The predicted molar refractivity (Wildman–Crippen MR) is 78.2 cm³/mol. The molecule has 3 aliphatic rings. The van der Waals surface area contributed by atoms with Gasteiger partial charge in [-0.25, -0.2) is 0 Å². The molecule has 0 radical (unpaired) electrons. The second-order valence-corrected chi connectivity index (χ2v) is 6.49. The Bertz CT molecular complexity index is 472. The van der Waals surface area contributed by atoms with E-state index >= 15 is 0 Å². The number of nitrogens with zero attached hydrogens (tertiary/aromatic N) is 1. The molecule has 1 saturated carbocycles. The Hall–Kier alpha value is -1.35. The third-order valence-corrected chi connectivity index (χ3v) is 4.88. The number of ether oxygens (including phenoxy) is 1. The molecule has 0 atom stereocenters. The molecule has 1 aromatic rings. The van der Waals surface area contributed by atoms with Crippen LogP contribution in [-0.2, 0) is 16.1 Å². The minimum Gasteiger partial charge on any atom is -0.460 e. The number of benzene rings is 1. The van der Waals surface area contributed by atoms with Crippen LogP contribution in [0.1, 0.15) is 38.7 Å². The van der Waals surface area contributed by atoms with Crippen molar-refractivity contribution >= 4 is 5.97 Å². The van der Waals surface area contributed by atoms with E-state index in [0.29, 0.717) is 18.7 Å². The fourth-order valence-corrected chi connectivity index (χ4v) is 3.63. The number of piperidine rings is 2. The van der Waals surface area contributed by atoms with Gasteiger partial charge in [-0.15, -0.1) is 0 Å². The summed E-state index contributed by atoms with van der Waals surface area (Å²) in [5, 5.41) is 0. The summed E-state index contributed by atoms with van der Waals surface area (Å²) in [6.07, 6.45) is 2.92. The second-order valence-electron chi connectivity index (χ2n) is 6.49. The molecule has 4 rings (SSSR count). The molecule has 0 amide bonds. The fraction of sp³-hybridized carbons (Fsp3) is 0.588. The largest absolute Gasteiger partial charge is 0.460 e. The lowest BCUT2D eigenvalue weighted by Crippen LogP contribution is -2.62. The average Bonchev–Trinajstić information content (AvgIpc) is 2.44. The van der Waals surface area contributed by atoms with Crippen molar-refractivity contribution in [3.05, 3.63) is 35.9 Å². The number of rotatable bonds is 4. The summed E-state index contributed by atoms with van der Waals surface area (Å²) in [5.41, 5.74) is 0.887. The molecule has 3 nitrogen and oxygen atoms in total. The van der Waals surface area contributed by atoms with E-state index in [1.165, 1.54) is 0 Å². The molecule has 3 fully saturated rings. The first-order valence-electron chi connectivity index (χ1n) is 7.58. The van der Waals surface area contributed by atoms with E-state index in [2.05, 4.69) is 18.7 Å². The van der Waals surface area contributed by atoms with Crippen LogP contribution in [0.25, 0.3) is 0 Å². The van der Waals surface area contributed by atoms with Crippen molar-refractivity contribution in [1.82, 2.24) is 4.90 Å². The summed E-state index contributed by atoms with van der Waals surface area (Å²) in [7, 11) is 0. The zero-order valence-electron chi connectivity index (χ0n) is 12.3. The Morgan fingerprint density at radius 2 is 2.05 bits per heavy atom. The molecule has 2 heterocycles. The zero-order valence-corrected chi connectivity index (χ0v) is 12.3. The highest BCUT2D eigenvalue weighted by Gasteiger charge is 2.56. The quantitative estimate of drug-likeness (QED) is 0.790. The van der Waals surface area contributed by atoms with E-state index in [4.69, 9.17) is 4.74 Å². The lowest BCUT2D eigenvalue weighted by atomic mass is 9.60. The Morgan fingerprint density at radius 3 is 2.60 bits per heavy atom. The van der Waals surface area contributed by atoms with Crippen molar-refractivity contribution in [2.45, 2.75) is 51.8 Å². The molecule has 0 aromatic heterocycles. The van der Waals surface area contributed by atoms with Gasteiger partial charge in [-0.1, -0.05) is 30.3 Å². The molecule has 0 unspecified atom stereocenters. The molecule has 2 aliphatic heterocycles. The van der Waals surface area contributed by atoms with Crippen LogP contribution < -0.4 is 0 Å². The van der Waals surface area contributed by atoms with Crippen molar-refractivity contribution in [3.63, 3.8) is 0 Å². The van der Waals surface area contributed by atoms with Crippen LogP contribution in [-0.4, -0.2) is 29.5 Å². The molecule has 3 heteroatoms. The smallest absolute Gasteiger partial charge is 0.312 e. The number of fused-ring (bicyclic) bond motifs is 2. The molecule has 2 saturated heterocycles. The van der Waals surface area contributed by atoms with Crippen molar-refractivity contribution in [2.75, 3.05) is 6.54 Å². The van der Waals surface area contributed by atoms with Crippen LogP contribution in [0.4, 0.5) is 0 Å². The van der Waals surface area contributed by atoms with Crippen LogP contribution in [0.5, 0.6) is 0 Å². The number of esters is 1. The zero-order chi connectivity index (χ0) is 14.2. The number of carbonyl (C=O) groups is 1. The van der Waals surface area contributed by atoms with Crippen molar-refractivity contribution < 1.29 is 9.53 Å². The standard InChI is InChI=1S/C17H23NO2/c1-13(2)18-9-8-17(10-15(18)11-17)16(19)20-12-14-6-4-3-5-7-14/h3-7,13,15H,8-12H2,1-2H3. The van der Waals surface area contributed by atoms with E-state index < -0.39 is 0 Å². The molecular weight excluding hydrogens is 250 g/mol. The summed E-state index contributed by atoms with van der Waals surface area (Å²) >= 11 is 0. The van der Waals surface area contributed by atoms with Crippen LogP contribution in [0.15, 0.2) is 30.3 Å². The van der Waals surface area contributed by atoms with E-state index in [1.807, 2.05) is 30.3 Å². The van der Waals surface area contributed by atoms with E-state index in [1.54, 1.807) is 0 Å². The van der Waals surface area contributed by atoms with Crippen LogP contribution >= 0.6 is 0 Å². The van der Waals surface area contributed by atoms with Crippen LogP contribution in [0, 0.1) is 5.41 Å². The molecule has 20 heavy (non-hydrogen) atoms. The molecule has 1 aliphatic carbocycles. The van der Waals surface area contributed by atoms with Gasteiger partial charge in [-0.2, -0.15) is 0 Å². The van der Waals surface area contributed by atoms with Crippen molar-refractivity contribution in [2.24, 2.45) is 5.41 Å². The first kappa shape index (κ1) is 13.6. The van der Waals surface area contributed by atoms with Crippen molar-refractivity contribution in [1.29, 1.82) is 0 Å². The van der Waals surface area contributed by atoms with Gasteiger partial charge in [0.15, 0.2) is 0 Å². The van der Waals surface area contributed by atoms with Gasteiger partial charge in [0.2, 0.25) is 0 Å².